The number of aliphatic hydroxyl groups is 1. The highest BCUT2D eigenvalue weighted by Gasteiger charge is 2.26. The largest absolute Gasteiger partial charge is 0.395 e. The van der Waals surface area contributed by atoms with Crippen LogP contribution in [-0.4, -0.2) is 25.9 Å². The highest BCUT2D eigenvalue weighted by Crippen LogP contribution is 2.16. The van der Waals surface area contributed by atoms with Crippen LogP contribution in [0.1, 0.15) is 30.5 Å². The lowest BCUT2D eigenvalue weighted by atomic mass is 10.1. The molecule has 0 aliphatic rings. The summed E-state index contributed by atoms with van der Waals surface area (Å²) in [5.74, 6) is 2.06. The number of sulfonamides is 1. The van der Waals surface area contributed by atoms with E-state index in [1.54, 1.807) is 24.3 Å². The van der Waals surface area contributed by atoms with Crippen LogP contribution in [0.15, 0.2) is 24.3 Å². The van der Waals surface area contributed by atoms with E-state index in [0.29, 0.717) is 17.5 Å². The van der Waals surface area contributed by atoms with E-state index in [1.807, 2.05) is 4.72 Å². The number of alkyl halides is 2. The fourth-order valence-corrected chi connectivity index (χ4v) is 2.20. The summed E-state index contributed by atoms with van der Waals surface area (Å²) in [5.41, 5.74) is 1.16. The van der Waals surface area contributed by atoms with Gasteiger partial charge in [0.05, 0.1) is 6.61 Å². The van der Waals surface area contributed by atoms with E-state index in [9.17, 15) is 17.2 Å². The highest BCUT2D eigenvalue weighted by atomic mass is 32.2. The maximum absolute atomic E-state index is 12.3. The van der Waals surface area contributed by atoms with Crippen molar-refractivity contribution in [2.75, 3.05) is 6.61 Å². The van der Waals surface area contributed by atoms with Crippen LogP contribution >= 0.6 is 0 Å². The molecule has 1 aromatic rings. The van der Waals surface area contributed by atoms with Gasteiger partial charge in [0.25, 0.3) is 10.0 Å². The van der Waals surface area contributed by atoms with Crippen LogP contribution in [0.2, 0.25) is 0 Å². The average molecular weight is 303 g/mol. The third-order valence-electron chi connectivity index (χ3n) is 2.43. The van der Waals surface area contributed by atoms with Gasteiger partial charge in [-0.3, -0.25) is 0 Å². The number of halogens is 2. The number of hydrogen-bond donors (Lipinski definition) is 2. The molecule has 7 heteroatoms. The molecule has 110 valence electrons. The summed E-state index contributed by atoms with van der Waals surface area (Å²) in [7, 11) is -4.63. The molecule has 4 nitrogen and oxygen atoms in total. The maximum Gasteiger partial charge on any atom is 0.350 e. The molecule has 1 unspecified atom stereocenters. The molecular weight excluding hydrogens is 288 g/mol. The minimum Gasteiger partial charge on any atom is -0.395 e. The number of rotatable bonds is 5. The molecule has 0 amide bonds. The van der Waals surface area contributed by atoms with Crippen molar-refractivity contribution in [1.29, 1.82) is 0 Å². The third-order valence-corrected chi connectivity index (χ3v) is 3.58. The van der Waals surface area contributed by atoms with Gasteiger partial charge in [0, 0.05) is 18.0 Å². The molecule has 0 fully saturated rings. The number of nitrogens with one attached hydrogen (secondary N) is 1. The quantitative estimate of drug-likeness (QED) is 0.812. The summed E-state index contributed by atoms with van der Waals surface area (Å²) in [6.45, 7) is 1.43. The Morgan fingerprint density at radius 3 is 2.70 bits per heavy atom. The summed E-state index contributed by atoms with van der Waals surface area (Å²) in [4.78, 5) is 0. The molecule has 1 aromatic carbocycles. The van der Waals surface area contributed by atoms with Gasteiger partial charge in [0.2, 0.25) is 0 Å². The Morgan fingerprint density at radius 2 is 2.10 bits per heavy atom. The molecule has 0 bridgehead atoms. The van der Waals surface area contributed by atoms with Gasteiger partial charge in [-0.15, -0.1) is 0 Å². The van der Waals surface area contributed by atoms with Gasteiger partial charge in [-0.25, -0.2) is 13.1 Å². The van der Waals surface area contributed by atoms with Gasteiger partial charge in [0.1, 0.15) is 0 Å². The molecule has 0 saturated heterocycles. The number of hydrogen-bond acceptors (Lipinski definition) is 3. The zero-order valence-electron chi connectivity index (χ0n) is 10.8. The predicted octanol–water partition coefficient (Wildman–Crippen LogP) is 1.62. The molecule has 20 heavy (non-hydrogen) atoms. The van der Waals surface area contributed by atoms with Crippen molar-refractivity contribution in [1.82, 2.24) is 4.72 Å². The predicted molar refractivity (Wildman–Crippen MR) is 71.5 cm³/mol. The monoisotopic (exact) mass is 303 g/mol. The summed E-state index contributed by atoms with van der Waals surface area (Å²) < 4.78 is 48.6. The summed E-state index contributed by atoms with van der Waals surface area (Å²) in [6, 6.07) is 5.82. The first-order valence-corrected chi connectivity index (χ1v) is 7.40. The topological polar surface area (TPSA) is 66.4 Å². The normalized spacial score (nSPS) is 12.8. The zero-order valence-corrected chi connectivity index (χ0v) is 11.6. The van der Waals surface area contributed by atoms with Crippen LogP contribution in [0.4, 0.5) is 8.78 Å². The van der Waals surface area contributed by atoms with Crippen LogP contribution < -0.4 is 4.72 Å². The molecule has 0 heterocycles. The molecular formula is C13H15F2NO3S. The lowest BCUT2D eigenvalue weighted by molar-refractivity contribution is 0.231. The molecule has 0 aliphatic heterocycles. The van der Waals surface area contributed by atoms with Crippen LogP contribution in [0, 0.1) is 11.8 Å². The highest BCUT2D eigenvalue weighted by molar-refractivity contribution is 7.89. The average Bonchev–Trinajstić information content (AvgIpc) is 2.38. The Kier molecular flexibility index (Phi) is 6.07. The smallest absolute Gasteiger partial charge is 0.350 e. The van der Waals surface area contributed by atoms with Crippen molar-refractivity contribution < 1.29 is 22.3 Å². The van der Waals surface area contributed by atoms with Crippen molar-refractivity contribution >= 4 is 10.0 Å². The standard InChI is InChI=1S/C13H15F2NO3S/c1-10(16-20(18,19)13(14)15)12-7-4-6-11(9-12)5-2-3-8-17/h4,6-7,9-10,13,16-17H,3,8H2,1H3. The van der Waals surface area contributed by atoms with E-state index in [0.717, 1.165) is 0 Å². The minimum atomic E-state index is -4.63. The van der Waals surface area contributed by atoms with Crippen LogP contribution in [0.5, 0.6) is 0 Å². The first-order chi connectivity index (χ1) is 9.36. The van der Waals surface area contributed by atoms with Gasteiger partial charge in [0.15, 0.2) is 0 Å². The maximum atomic E-state index is 12.3. The van der Waals surface area contributed by atoms with E-state index < -0.39 is 21.8 Å². The Hall–Kier alpha value is -1.49. The van der Waals surface area contributed by atoms with Crippen LogP contribution in [-0.2, 0) is 10.0 Å². The third kappa shape index (κ3) is 4.89. The van der Waals surface area contributed by atoms with E-state index in [2.05, 4.69) is 11.8 Å². The number of benzene rings is 1. The Morgan fingerprint density at radius 1 is 1.40 bits per heavy atom. The second kappa shape index (κ2) is 7.33. The van der Waals surface area contributed by atoms with Gasteiger partial charge < -0.3 is 5.11 Å². The summed E-state index contributed by atoms with van der Waals surface area (Å²) in [6.07, 6.45) is 0.331. The molecule has 0 aromatic heterocycles. The molecule has 1 rings (SSSR count). The lowest BCUT2D eigenvalue weighted by Crippen LogP contribution is -2.31. The van der Waals surface area contributed by atoms with Gasteiger partial charge in [-0.05, 0) is 24.6 Å². The Labute approximate surface area is 116 Å². The van der Waals surface area contributed by atoms with E-state index >= 15 is 0 Å². The lowest BCUT2D eigenvalue weighted by Gasteiger charge is -2.14. The van der Waals surface area contributed by atoms with E-state index in [-0.39, 0.29) is 6.61 Å². The SMILES string of the molecule is CC(NS(=O)(=O)C(F)F)c1cccc(C#CCCO)c1. The molecule has 0 spiro atoms. The van der Waals surface area contributed by atoms with E-state index in [1.165, 1.54) is 6.92 Å². The fourth-order valence-electron chi connectivity index (χ4n) is 1.47. The Balaban J connectivity index is 2.87. The molecule has 0 saturated carbocycles. The first kappa shape index (κ1) is 16.6. The van der Waals surface area contributed by atoms with Crippen molar-refractivity contribution in [2.45, 2.75) is 25.1 Å². The molecule has 2 N–H and O–H groups in total. The first-order valence-electron chi connectivity index (χ1n) is 5.86. The summed E-state index contributed by atoms with van der Waals surface area (Å²) >= 11 is 0. The Bertz CT molecular complexity index is 606. The zero-order chi connectivity index (χ0) is 15.2. The fraction of sp³-hybridized carbons (Fsp3) is 0.385. The second-order valence-corrected chi connectivity index (χ2v) is 5.73. The second-order valence-electron chi connectivity index (χ2n) is 4.05. The van der Waals surface area contributed by atoms with Crippen molar-refractivity contribution in [3.05, 3.63) is 35.4 Å². The van der Waals surface area contributed by atoms with Crippen molar-refractivity contribution in [3.63, 3.8) is 0 Å². The number of aliphatic hydroxyl groups excluding tert-OH is 1. The molecule has 1 atom stereocenters. The van der Waals surface area contributed by atoms with Gasteiger partial charge >= 0.3 is 5.76 Å². The van der Waals surface area contributed by atoms with Crippen molar-refractivity contribution in [3.8, 4) is 11.8 Å². The van der Waals surface area contributed by atoms with Crippen LogP contribution in [0.3, 0.4) is 0 Å². The molecule has 0 aliphatic carbocycles. The van der Waals surface area contributed by atoms with Crippen LogP contribution in [0.25, 0.3) is 0 Å². The molecule has 0 radical (unpaired) electrons. The van der Waals surface area contributed by atoms with Crippen molar-refractivity contribution in [2.24, 2.45) is 0 Å². The minimum absolute atomic E-state index is 0.0444. The van der Waals surface area contributed by atoms with E-state index in [4.69, 9.17) is 5.11 Å². The van der Waals surface area contributed by atoms with Gasteiger partial charge in [-0.2, -0.15) is 8.78 Å². The summed E-state index contributed by atoms with van der Waals surface area (Å²) in [5, 5.41) is 8.62. The van der Waals surface area contributed by atoms with Gasteiger partial charge in [-0.1, -0.05) is 24.0 Å².